The second-order valence-corrected chi connectivity index (χ2v) is 9.38. The van der Waals surface area contributed by atoms with E-state index in [1.807, 2.05) is 0 Å². The molecule has 6 rings (SSSR count). The van der Waals surface area contributed by atoms with Gasteiger partial charge in [-0.25, -0.2) is 0 Å². The lowest BCUT2D eigenvalue weighted by Gasteiger charge is -2.16. The van der Waals surface area contributed by atoms with Crippen LogP contribution in [0.25, 0.3) is 54.2 Å². The number of halogens is 1. The van der Waals surface area contributed by atoms with Gasteiger partial charge >= 0.3 is 0 Å². The van der Waals surface area contributed by atoms with E-state index in [0.717, 1.165) is 4.47 Å². The summed E-state index contributed by atoms with van der Waals surface area (Å²) in [5.41, 5.74) is 5.19. The molecule has 6 aromatic carbocycles. The first kappa shape index (κ1) is 18.6. The van der Waals surface area contributed by atoms with Crippen molar-refractivity contribution >= 4 is 59.0 Å². The Morgan fingerprint density at radius 3 is 1.65 bits per heavy atom. The van der Waals surface area contributed by atoms with E-state index in [0.29, 0.717) is 0 Å². The van der Waals surface area contributed by atoms with Crippen LogP contribution in [0.15, 0.2) is 95.5 Å². The lowest BCUT2D eigenvalue weighted by atomic mass is 9.88. The third-order valence-electron chi connectivity index (χ3n) is 6.54. The predicted octanol–water partition coefficient (Wildman–Crippen LogP) is 9.35. The smallest absolute Gasteiger partial charge is 0.0181 e. The summed E-state index contributed by atoms with van der Waals surface area (Å²) in [6.45, 7) is 4.42. The molecular weight excluding hydrogens is 440 g/mol. The van der Waals surface area contributed by atoms with E-state index in [1.54, 1.807) is 0 Å². The van der Waals surface area contributed by atoms with Gasteiger partial charge in [-0.3, -0.25) is 0 Å². The highest BCUT2D eigenvalue weighted by Crippen LogP contribution is 2.40. The van der Waals surface area contributed by atoms with Gasteiger partial charge < -0.3 is 0 Å². The van der Waals surface area contributed by atoms with Crippen molar-refractivity contribution in [2.75, 3.05) is 0 Å². The molecule has 0 aliphatic heterocycles. The average molecular weight is 461 g/mol. The van der Waals surface area contributed by atoms with Gasteiger partial charge in [0, 0.05) is 4.47 Å². The molecule has 0 saturated heterocycles. The Morgan fingerprint density at radius 1 is 0.452 bits per heavy atom. The molecule has 0 aromatic heterocycles. The minimum atomic E-state index is 1.11. The molecule has 0 N–H and O–H groups in total. The van der Waals surface area contributed by atoms with Gasteiger partial charge in [0.2, 0.25) is 0 Å². The Kier molecular flexibility index (Phi) is 4.16. The fourth-order valence-corrected chi connectivity index (χ4v) is 5.33. The Morgan fingerprint density at radius 2 is 0.968 bits per heavy atom. The maximum atomic E-state index is 3.67. The van der Waals surface area contributed by atoms with E-state index in [-0.39, 0.29) is 0 Å². The predicted molar refractivity (Wildman–Crippen MR) is 139 cm³/mol. The van der Waals surface area contributed by atoms with Crippen molar-refractivity contribution in [2.24, 2.45) is 0 Å². The Bertz CT molecular complexity index is 1660. The molecule has 0 heterocycles. The molecule has 0 saturated carbocycles. The van der Waals surface area contributed by atoms with Crippen LogP contribution < -0.4 is 0 Å². The van der Waals surface area contributed by atoms with E-state index < -0.39 is 0 Å². The van der Waals surface area contributed by atoms with Crippen LogP contribution in [0.3, 0.4) is 0 Å². The molecule has 0 aliphatic rings. The van der Waals surface area contributed by atoms with Crippen molar-refractivity contribution in [3.8, 4) is 11.1 Å². The summed E-state index contributed by atoms with van der Waals surface area (Å²) < 4.78 is 1.11. The number of aryl methyl sites for hydroxylation is 2. The van der Waals surface area contributed by atoms with Crippen LogP contribution in [0.1, 0.15) is 11.1 Å². The van der Waals surface area contributed by atoms with E-state index >= 15 is 0 Å². The minimum absolute atomic E-state index is 1.11. The van der Waals surface area contributed by atoms with Crippen LogP contribution in [0, 0.1) is 13.8 Å². The van der Waals surface area contributed by atoms with Crippen molar-refractivity contribution in [3.05, 3.63) is 107 Å². The quantitative estimate of drug-likeness (QED) is 0.169. The third kappa shape index (κ3) is 2.88. The van der Waals surface area contributed by atoms with Crippen molar-refractivity contribution < 1.29 is 0 Å². The summed E-state index contributed by atoms with van der Waals surface area (Å²) in [7, 11) is 0. The molecule has 0 fully saturated rings. The highest BCUT2D eigenvalue weighted by atomic mass is 79.9. The van der Waals surface area contributed by atoms with Crippen molar-refractivity contribution in [1.29, 1.82) is 0 Å². The first-order valence-corrected chi connectivity index (χ1v) is 11.4. The molecule has 6 aromatic rings. The maximum Gasteiger partial charge on any atom is 0.0181 e. The Balaban J connectivity index is 1.83. The molecule has 0 unspecified atom stereocenters. The van der Waals surface area contributed by atoms with Gasteiger partial charge in [0.05, 0.1) is 0 Å². The van der Waals surface area contributed by atoms with Gasteiger partial charge in [0.15, 0.2) is 0 Å². The van der Waals surface area contributed by atoms with Crippen molar-refractivity contribution in [1.82, 2.24) is 0 Å². The molecule has 0 bridgehead atoms. The summed E-state index contributed by atoms with van der Waals surface area (Å²) in [6, 6.07) is 33.5. The number of hydrogen-bond acceptors (Lipinski definition) is 0. The molecule has 148 valence electrons. The van der Waals surface area contributed by atoms with Gasteiger partial charge in [0.25, 0.3) is 0 Å². The number of benzene rings is 6. The first-order valence-electron chi connectivity index (χ1n) is 10.6. The van der Waals surface area contributed by atoms with Crippen molar-refractivity contribution in [2.45, 2.75) is 13.8 Å². The average Bonchev–Trinajstić information content (AvgIpc) is 2.79. The second kappa shape index (κ2) is 6.93. The van der Waals surface area contributed by atoms with Crippen LogP contribution in [-0.4, -0.2) is 0 Å². The fourth-order valence-electron chi connectivity index (χ4n) is 4.97. The summed E-state index contributed by atoms with van der Waals surface area (Å²) in [5.74, 6) is 0. The van der Waals surface area contributed by atoms with Crippen molar-refractivity contribution in [3.63, 3.8) is 0 Å². The second-order valence-electron chi connectivity index (χ2n) is 8.46. The molecule has 0 radical (unpaired) electrons. The maximum absolute atomic E-state index is 3.67. The summed E-state index contributed by atoms with van der Waals surface area (Å²) >= 11 is 3.67. The van der Waals surface area contributed by atoms with E-state index in [1.165, 1.54) is 65.3 Å². The lowest BCUT2D eigenvalue weighted by Crippen LogP contribution is -1.91. The van der Waals surface area contributed by atoms with Crippen LogP contribution >= 0.6 is 15.9 Å². The van der Waals surface area contributed by atoms with Gasteiger partial charge in [-0.05, 0) is 110 Å². The third-order valence-corrected chi connectivity index (χ3v) is 7.03. The molecular formula is C30H21Br. The summed E-state index contributed by atoms with van der Waals surface area (Å²) in [6.07, 6.45) is 0. The van der Waals surface area contributed by atoms with Gasteiger partial charge in [-0.1, -0.05) is 76.6 Å². The Labute approximate surface area is 190 Å². The largest absolute Gasteiger partial charge is 0.0616 e. The first-order chi connectivity index (χ1) is 15.1. The molecule has 0 atom stereocenters. The SMILES string of the molecule is Cc1ccc(Br)cc1-c1cc2c(cc1C)c1ccccc1c1cc3ccccc3cc21. The van der Waals surface area contributed by atoms with Gasteiger partial charge in [0.1, 0.15) is 0 Å². The highest BCUT2D eigenvalue weighted by molar-refractivity contribution is 9.10. The number of hydrogen-bond donors (Lipinski definition) is 0. The zero-order valence-electron chi connectivity index (χ0n) is 17.5. The highest BCUT2D eigenvalue weighted by Gasteiger charge is 2.14. The van der Waals surface area contributed by atoms with E-state index in [9.17, 15) is 0 Å². The molecule has 0 aliphatic carbocycles. The Hall–Kier alpha value is -3.16. The van der Waals surface area contributed by atoms with Gasteiger partial charge in [-0.15, -0.1) is 0 Å². The normalized spacial score (nSPS) is 11.7. The van der Waals surface area contributed by atoms with Crippen LogP contribution in [0.2, 0.25) is 0 Å². The molecule has 0 spiro atoms. The lowest BCUT2D eigenvalue weighted by molar-refractivity contribution is 1.41. The zero-order valence-corrected chi connectivity index (χ0v) is 19.1. The standard InChI is InChI=1S/C30H21Br/c1-18-11-12-22(31)16-25(18)26-17-30-27(13-19(26)2)23-9-5-6-10-24(23)28-14-20-7-3-4-8-21(20)15-29(28)30/h3-17H,1-2H3. The van der Waals surface area contributed by atoms with Crippen LogP contribution in [0.4, 0.5) is 0 Å². The van der Waals surface area contributed by atoms with Crippen LogP contribution in [-0.2, 0) is 0 Å². The zero-order chi connectivity index (χ0) is 21.1. The van der Waals surface area contributed by atoms with E-state index in [4.69, 9.17) is 0 Å². The fraction of sp³-hybridized carbons (Fsp3) is 0.0667. The topological polar surface area (TPSA) is 0 Å². The van der Waals surface area contributed by atoms with Gasteiger partial charge in [-0.2, -0.15) is 0 Å². The summed E-state index contributed by atoms with van der Waals surface area (Å²) in [5, 5.41) is 10.5. The summed E-state index contributed by atoms with van der Waals surface area (Å²) in [4.78, 5) is 0. The minimum Gasteiger partial charge on any atom is -0.0616 e. The van der Waals surface area contributed by atoms with Crippen LogP contribution in [0.5, 0.6) is 0 Å². The van der Waals surface area contributed by atoms with E-state index in [2.05, 4.69) is 121 Å². The molecule has 0 amide bonds. The molecule has 0 nitrogen and oxygen atoms in total. The number of fused-ring (bicyclic) bond motifs is 7. The monoisotopic (exact) mass is 460 g/mol. The molecule has 1 heteroatoms. The molecule has 31 heavy (non-hydrogen) atoms. The number of rotatable bonds is 1.